The Hall–Kier alpha value is -1.55. The number of methoxy groups -OCH3 is 1. The van der Waals surface area contributed by atoms with Gasteiger partial charge in [0.1, 0.15) is 5.75 Å². The first-order chi connectivity index (χ1) is 8.38. The van der Waals surface area contributed by atoms with Crippen molar-refractivity contribution in [2.45, 2.75) is 20.4 Å². The van der Waals surface area contributed by atoms with E-state index in [-0.39, 0.29) is 0 Å². The average Bonchev–Trinajstić information content (AvgIpc) is 2.92. The van der Waals surface area contributed by atoms with Gasteiger partial charge in [-0.2, -0.15) is 0 Å². The van der Waals surface area contributed by atoms with Gasteiger partial charge in [0.25, 0.3) is 0 Å². The number of ether oxygens (including phenoxy) is 1. The zero-order valence-electron chi connectivity index (χ0n) is 10.4. The molecule has 4 heteroatoms. The van der Waals surface area contributed by atoms with Crippen molar-refractivity contribution < 1.29 is 4.74 Å². The number of benzene rings is 1. The highest BCUT2D eigenvalue weighted by Crippen LogP contribution is 2.14. The number of nitrogens with one attached hydrogen (secondary N) is 1. The van der Waals surface area contributed by atoms with Crippen LogP contribution in [0.4, 0.5) is 5.13 Å². The molecule has 3 nitrogen and oxygen atoms in total. The molecular formula is C13H18N2OS. The van der Waals surface area contributed by atoms with E-state index in [1.807, 2.05) is 43.5 Å². The van der Waals surface area contributed by atoms with Crippen LogP contribution in [-0.4, -0.2) is 12.1 Å². The maximum absolute atomic E-state index is 5.09. The largest absolute Gasteiger partial charge is 0.497 e. The number of nitrogens with zero attached hydrogens (tertiary/aromatic N) is 1. The third-order valence-corrected chi connectivity index (χ3v) is 2.77. The number of rotatable bonds is 4. The number of hydrogen-bond donors (Lipinski definition) is 1. The molecule has 0 aliphatic heterocycles. The summed E-state index contributed by atoms with van der Waals surface area (Å²) in [5.74, 6) is 0.882. The summed E-state index contributed by atoms with van der Waals surface area (Å²) in [5.41, 5.74) is 1.21. The van der Waals surface area contributed by atoms with E-state index in [0.717, 1.165) is 17.4 Å². The third-order valence-electron chi connectivity index (χ3n) is 2.04. The highest BCUT2D eigenvalue weighted by molar-refractivity contribution is 7.13. The van der Waals surface area contributed by atoms with E-state index in [9.17, 15) is 0 Å². The van der Waals surface area contributed by atoms with Crippen molar-refractivity contribution >= 4 is 16.5 Å². The smallest absolute Gasteiger partial charge is 0.182 e. The maximum Gasteiger partial charge on any atom is 0.182 e. The SMILES string of the molecule is CC.COc1ccc(CNc2nccs2)cc1. The lowest BCUT2D eigenvalue weighted by Gasteiger charge is -2.04. The summed E-state index contributed by atoms with van der Waals surface area (Å²) in [6.07, 6.45) is 1.79. The van der Waals surface area contributed by atoms with Gasteiger partial charge < -0.3 is 10.1 Å². The normalized spacial score (nSPS) is 9.12. The number of hydrogen-bond acceptors (Lipinski definition) is 4. The van der Waals surface area contributed by atoms with Gasteiger partial charge in [-0.1, -0.05) is 26.0 Å². The lowest BCUT2D eigenvalue weighted by Crippen LogP contribution is -1.98. The van der Waals surface area contributed by atoms with Crippen LogP contribution in [0.3, 0.4) is 0 Å². The quantitative estimate of drug-likeness (QED) is 0.896. The molecule has 0 bridgehead atoms. The standard InChI is InChI=1S/C11H12N2OS.C2H6/c1-14-10-4-2-9(3-5-10)8-13-11-12-6-7-15-11;1-2/h2-7H,8H2,1H3,(H,12,13);1-2H3. The maximum atomic E-state index is 5.09. The molecule has 0 spiro atoms. The van der Waals surface area contributed by atoms with Crippen molar-refractivity contribution in [1.29, 1.82) is 0 Å². The van der Waals surface area contributed by atoms with E-state index in [4.69, 9.17) is 4.74 Å². The lowest BCUT2D eigenvalue weighted by molar-refractivity contribution is 0.414. The molecule has 0 unspecified atom stereocenters. The van der Waals surface area contributed by atoms with Crippen molar-refractivity contribution in [3.05, 3.63) is 41.4 Å². The van der Waals surface area contributed by atoms with E-state index in [2.05, 4.69) is 10.3 Å². The molecule has 0 radical (unpaired) electrons. The zero-order valence-corrected chi connectivity index (χ0v) is 11.3. The van der Waals surface area contributed by atoms with Crippen LogP contribution in [0, 0.1) is 0 Å². The van der Waals surface area contributed by atoms with Crippen LogP contribution in [0.5, 0.6) is 5.75 Å². The fourth-order valence-corrected chi connectivity index (χ4v) is 1.76. The van der Waals surface area contributed by atoms with Gasteiger partial charge in [0, 0.05) is 18.1 Å². The minimum absolute atomic E-state index is 0.789. The summed E-state index contributed by atoms with van der Waals surface area (Å²) in [5, 5.41) is 6.15. The molecule has 0 saturated carbocycles. The minimum Gasteiger partial charge on any atom is -0.497 e. The summed E-state index contributed by atoms with van der Waals surface area (Å²) in [4.78, 5) is 4.15. The van der Waals surface area contributed by atoms with Gasteiger partial charge in [-0.15, -0.1) is 11.3 Å². The van der Waals surface area contributed by atoms with Gasteiger partial charge in [-0.3, -0.25) is 0 Å². The Bertz CT molecular complexity index is 398. The minimum atomic E-state index is 0.789. The van der Waals surface area contributed by atoms with E-state index < -0.39 is 0 Å². The van der Waals surface area contributed by atoms with Crippen LogP contribution in [0.15, 0.2) is 35.8 Å². The summed E-state index contributed by atoms with van der Waals surface area (Å²) < 4.78 is 5.09. The zero-order chi connectivity index (χ0) is 12.5. The summed E-state index contributed by atoms with van der Waals surface area (Å²) >= 11 is 1.60. The second kappa shape index (κ2) is 7.68. The molecule has 2 rings (SSSR count). The Kier molecular flexibility index (Phi) is 6.10. The van der Waals surface area contributed by atoms with Crippen molar-refractivity contribution in [2.24, 2.45) is 0 Å². The van der Waals surface area contributed by atoms with Gasteiger partial charge in [0.05, 0.1) is 7.11 Å². The Balaban J connectivity index is 0.000000686. The highest BCUT2D eigenvalue weighted by Gasteiger charge is 1.96. The predicted molar refractivity (Wildman–Crippen MR) is 73.8 cm³/mol. The Morgan fingerprint density at radius 2 is 1.94 bits per heavy atom. The second-order valence-electron chi connectivity index (χ2n) is 3.04. The van der Waals surface area contributed by atoms with Crippen molar-refractivity contribution in [2.75, 3.05) is 12.4 Å². The molecule has 0 atom stereocenters. The third kappa shape index (κ3) is 4.44. The monoisotopic (exact) mass is 250 g/mol. The van der Waals surface area contributed by atoms with Crippen molar-refractivity contribution in [3.63, 3.8) is 0 Å². The molecule has 1 aromatic carbocycles. The summed E-state index contributed by atoms with van der Waals surface area (Å²) in [7, 11) is 1.67. The highest BCUT2D eigenvalue weighted by atomic mass is 32.1. The fraction of sp³-hybridized carbons (Fsp3) is 0.308. The number of aromatic nitrogens is 1. The second-order valence-corrected chi connectivity index (χ2v) is 3.93. The first-order valence-electron chi connectivity index (χ1n) is 5.65. The van der Waals surface area contributed by atoms with Crippen LogP contribution in [-0.2, 0) is 6.54 Å². The molecule has 0 fully saturated rings. The fourth-order valence-electron chi connectivity index (χ4n) is 1.23. The first-order valence-corrected chi connectivity index (χ1v) is 6.53. The first kappa shape index (κ1) is 13.5. The molecule has 1 heterocycles. The van der Waals surface area contributed by atoms with Gasteiger partial charge in [-0.25, -0.2) is 4.98 Å². The van der Waals surface area contributed by atoms with E-state index in [1.165, 1.54) is 5.56 Å². The van der Waals surface area contributed by atoms with E-state index >= 15 is 0 Å². The molecule has 0 aliphatic rings. The van der Waals surface area contributed by atoms with Gasteiger partial charge in [0.2, 0.25) is 0 Å². The van der Waals surface area contributed by atoms with E-state index in [0.29, 0.717) is 0 Å². The van der Waals surface area contributed by atoms with Gasteiger partial charge in [0.15, 0.2) is 5.13 Å². The molecular weight excluding hydrogens is 232 g/mol. The van der Waals surface area contributed by atoms with Gasteiger partial charge in [-0.05, 0) is 17.7 Å². The molecule has 1 N–H and O–H groups in total. The van der Waals surface area contributed by atoms with Crippen molar-refractivity contribution in [1.82, 2.24) is 4.98 Å². The predicted octanol–water partition coefficient (Wildman–Crippen LogP) is 3.79. The molecule has 0 aliphatic carbocycles. The molecule has 0 amide bonds. The molecule has 92 valence electrons. The summed E-state index contributed by atoms with van der Waals surface area (Å²) in [6, 6.07) is 8.00. The Morgan fingerprint density at radius 3 is 2.47 bits per heavy atom. The molecule has 0 saturated heterocycles. The van der Waals surface area contributed by atoms with E-state index in [1.54, 1.807) is 24.6 Å². The van der Waals surface area contributed by atoms with Crippen LogP contribution in [0.25, 0.3) is 0 Å². The van der Waals surface area contributed by atoms with Crippen LogP contribution in [0.1, 0.15) is 19.4 Å². The van der Waals surface area contributed by atoms with Gasteiger partial charge >= 0.3 is 0 Å². The number of thiazole rings is 1. The molecule has 1 aromatic heterocycles. The van der Waals surface area contributed by atoms with Crippen LogP contribution >= 0.6 is 11.3 Å². The lowest BCUT2D eigenvalue weighted by atomic mass is 10.2. The Morgan fingerprint density at radius 1 is 1.24 bits per heavy atom. The average molecular weight is 250 g/mol. The summed E-state index contributed by atoms with van der Waals surface area (Å²) in [6.45, 7) is 4.79. The van der Waals surface area contributed by atoms with Crippen LogP contribution in [0.2, 0.25) is 0 Å². The Labute approximate surface area is 106 Å². The van der Waals surface area contributed by atoms with Crippen molar-refractivity contribution in [3.8, 4) is 5.75 Å². The van der Waals surface area contributed by atoms with Crippen LogP contribution < -0.4 is 10.1 Å². The number of anilines is 1. The molecule has 17 heavy (non-hydrogen) atoms. The molecule has 2 aromatic rings. The topological polar surface area (TPSA) is 34.1 Å².